The molecule has 1 aromatic carbocycles. The van der Waals surface area contributed by atoms with Gasteiger partial charge in [-0.05, 0) is 17.7 Å². The second-order valence-corrected chi connectivity index (χ2v) is 5.88. The van der Waals surface area contributed by atoms with Crippen molar-refractivity contribution in [2.24, 2.45) is 5.14 Å². The normalized spacial score (nSPS) is 11.5. The first kappa shape index (κ1) is 14.5. The van der Waals surface area contributed by atoms with Gasteiger partial charge in [-0.3, -0.25) is 0 Å². The summed E-state index contributed by atoms with van der Waals surface area (Å²) < 4.78 is 23.9. The van der Waals surface area contributed by atoms with Crippen molar-refractivity contribution in [2.45, 2.75) is 11.7 Å². The van der Waals surface area contributed by atoms with Gasteiger partial charge in [0, 0.05) is 5.02 Å². The fourth-order valence-corrected chi connectivity index (χ4v) is 2.48. The summed E-state index contributed by atoms with van der Waals surface area (Å²) in [5, 5.41) is 14.1. The zero-order valence-electron chi connectivity index (χ0n) is 10.0. The standard InChI is InChI=1S/C11H10ClN3O4S/c12-8-3-1-7(2-4-8)6-15-9(10(16)17)5-14-11(15)20(13,18)19/h1-5H,6H2,(H,16,17)(H2,13,18,19). The maximum atomic E-state index is 11.4. The Kier molecular flexibility index (Phi) is 3.80. The molecule has 0 bridgehead atoms. The summed E-state index contributed by atoms with van der Waals surface area (Å²) in [6, 6.07) is 6.54. The lowest BCUT2D eigenvalue weighted by molar-refractivity contribution is 0.0684. The first-order chi connectivity index (χ1) is 9.29. The van der Waals surface area contributed by atoms with Gasteiger partial charge in [-0.1, -0.05) is 23.7 Å². The Balaban J connectivity index is 2.51. The van der Waals surface area contributed by atoms with E-state index in [-0.39, 0.29) is 12.2 Å². The molecule has 0 unspecified atom stereocenters. The number of aromatic nitrogens is 2. The molecule has 1 heterocycles. The highest BCUT2D eigenvalue weighted by Gasteiger charge is 2.22. The Labute approximate surface area is 119 Å². The number of imidazole rings is 1. The third-order valence-electron chi connectivity index (χ3n) is 2.55. The summed E-state index contributed by atoms with van der Waals surface area (Å²) in [5.41, 5.74) is 0.406. The number of hydrogen-bond acceptors (Lipinski definition) is 4. The summed E-state index contributed by atoms with van der Waals surface area (Å²) >= 11 is 5.75. The topological polar surface area (TPSA) is 115 Å². The van der Waals surface area contributed by atoms with E-state index in [4.69, 9.17) is 21.8 Å². The van der Waals surface area contributed by atoms with E-state index in [1.54, 1.807) is 24.3 Å². The second kappa shape index (κ2) is 5.23. The number of halogens is 1. The summed E-state index contributed by atoms with van der Waals surface area (Å²) in [6.07, 6.45) is 0.956. The maximum Gasteiger partial charge on any atom is 0.354 e. The molecule has 0 fully saturated rings. The number of benzene rings is 1. The Morgan fingerprint density at radius 3 is 2.45 bits per heavy atom. The lowest BCUT2D eigenvalue weighted by atomic mass is 10.2. The molecule has 7 nitrogen and oxygen atoms in total. The van der Waals surface area contributed by atoms with Gasteiger partial charge in [-0.15, -0.1) is 0 Å². The SMILES string of the molecule is NS(=O)(=O)c1ncc(C(=O)O)n1Cc1ccc(Cl)cc1. The molecule has 0 aliphatic carbocycles. The van der Waals surface area contributed by atoms with E-state index in [1.165, 1.54) is 0 Å². The van der Waals surface area contributed by atoms with Gasteiger partial charge in [-0.2, -0.15) is 0 Å². The highest BCUT2D eigenvalue weighted by molar-refractivity contribution is 7.89. The third-order valence-corrected chi connectivity index (χ3v) is 3.63. The van der Waals surface area contributed by atoms with Gasteiger partial charge in [0.05, 0.1) is 12.7 Å². The van der Waals surface area contributed by atoms with Crippen LogP contribution in [0.5, 0.6) is 0 Å². The number of nitrogens with two attached hydrogens (primary N) is 1. The molecular weight excluding hydrogens is 306 g/mol. The van der Waals surface area contributed by atoms with Crippen molar-refractivity contribution >= 4 is 27.6 Å². The second-order valence-electron chi connectivity index (χ2n) is 3.99. The smallest absolute Gasteiger partial charge is 0.354 e. The fourth-order valence-electron chi connectivity index (χ4n) is 1.68. The van der Waals surface area contributed by atoms with Crippen LogP contribution in [0.3, 0.4) is 0 Å². The van der Waals surface area contributed by atoms with Gasteiger partial charge in [0.1, 0.15) is 5.69 Å². The number of rotatable bonds is 4. The van der Waals surface area contributed by atoms with Crippen molar-refractivity contribution in [3.8, 4) is 0 Å². The molecule has 0 aliphatic rings. The van der Waals surface area contributed by atoms with E-state index in [9.17, 15) is 13.2 Å². The molecule has 0 amide bonds. The third kappa shape index (κ3) is 2.98. The van der Waals surface area contributed by atoms with Gasteiger partial charge >= 0.3 is 5.97 Å². The van der Waals surface area contributed by atoms with Crippen LogP contribution in [0.25, 0.3) is 0 Å². The maximum absolute atomic E-state index is 11.4. The summed E-state index contributed by atoms with van der Waals surface area (Å²) in [6.45, 7) is 0.00453. The van der Waals surface area contributed by atoms with E-state index in [1.807, 2.05) is 0 Å². The Morgan fingerprint density at radius 2 is 1.95 bits per heavy atom. The molecule has 2 aromatic rings. The Bertz CT molecular complexity index is 752. The van der Waals surface area contributed by atoms with Crippen LogP contribution in [0.1, 0.15) is 16.1 Å². The molecule has 0 spiro atoms. The molecule has 1 aromatic heterocycles. The van der Waals surface area contributed by atoms with Crippen LogP contribution in [0.15, 0.2) is 35.6 Å². The molecule has 106 valence electrons. The largest absolute Gasteiger partial charge is 0.477 e. The quantitative estimate of drug-likeness (QED) is 0.870. The lowest BCUT2D eigenvalue weighted by Gasteiger charge is -2.09. The molecule has 20 heavy (non-hydrogen) atoms. The van der Waals surface area contributed by atoms with Crippen LogP contribution in [0.2, 0.25) is 5.02 Å². The van der Waals surface area contributed by atoms with E-state index in [0.29, 0.717) is 10.6 Å². The van der Waals surface area contributed by atoms with Crippen LogP contribution in [0, 0.1) is 0 Å². The summed E-state index contributed by atoms with van der Waals surface area (Å²) in [4.78, 5) is 14.7. The van der Waals surface area contributed by atoms with Crippen molar-refractivity contribution in [2.75, 3.05) is 0 Å². The number of hydrogen-bond donors (Lipinski definition) is 2. The number of carboxylic acids is 1. The fraction of sp³-hybridized carbons (Fsp3) is 0.0909. The van der Waals surface area contributed by atoms with Crippen LogP contribution >= 0.6 is 11.6 Å². The summed E-state index contributed by atoms with van der Waals surface area (Å²) in [7, 11) is -4.11. The van der Waals surface area contributed by atoms with Gasteiger partial charge < -0.3 is 9.67 Å². The molecule has 0 aliphatic heterocycles. The molecule has 9 heteroatoms. The number of carboxylic acid groups (broad SMARTS) is 1. The predicted octanol–water partition coefficient (Wildman–Crippen LogP) is 0.930. The van der Waals surface area contributed by atoms with E-state index in [0.717, 1.165) is 10.8 Å². The minimum atomic E-state index is -4.11. The van der Waals surface area contributed by atoms with Crippen LogP contribution in [0.4, 0.5) is 0 Å². The zero-order chi connectivity index (χ0) is 14.9. The number of carbonyl (C=O) groups is 1. The monoisotopic (exact) mass is 315 g/mol. The highest BCUT2D eigenvalue weighted by Crippen LogP contribution is 2.15. The molecule has 3 N–H and O–H groups in total. The minimum Gasteiger partial charge on any atom is -0.477 e. The number of sulfonamides is 1. The number of primary sulfonamides is 1. The molecule has 2 rings (SSSR count). The minimum absolute atomic E-state index is 0.00453. The molecule has 0 saturated carbocycles. The number of nitrogens with zero attached hydrogens (tertiary/aromatic N) is 2. The predicted molar refractivity (Wildman–Crippen MR) is 71.1 cm³/mol. The van der Waals surface area contributed by atoms with Crippen LogP contribution in [-0.4, -0.2) is 29.0 Å². The van der Waals surface area contributed by atoms with Gasteiger partial charge in [0.25, 0.3) is 10.0 Å². The van der Waals surface area contributed by atoms with Crippen molar-refractivity contribution < 1.29 is 18.3 Å². The van der Waals surface area contributed by atoms with Gasteiger partial charge in [0.15, 0.2) is 0 Å². The Hall–Kier alpha value is -1.90. The van der Waals surface area contributed by atoms with Crippen LogP contribution < -0.4 is 5.14 Å². The number of aromatic carboxylic acids is 1. The lowest BCUT2D eigenvalue weighted by Crippen LogP contribution is -2.21. The van der Waals surface area contributed by atoms with Gasteiger partial charge in [0.2, 0.25) is 5.16 Å². The molecule has 0 saturated heterocycles. The van der Waals surface area contributed by atoms with E-state index >= 15 is 0 Å². The van der Waals surface area contributed by atoms with E-state index in [2.05, 4.69) is 4.98 Å². The van der Waals surface area contributed by atoms with Crippen molar-refractivity contribution in [1.29, 1.82) is 0 Å². The first-order valence-electron chi connectivity index (χ1n) is 5.35. The van der Waals surface area contributed by atoms with E-state index < -0.39 is 21.1 Å². The molecule has 0 atom stereocenters. The molecular formula is C11H10ClN3O4S. The zero-order valence-corrected chi connectivity index (χ0v) is 11.6. The van der Waals surface area contributed by atoms with Crippen molar-refractivity contribution in [3.63, 3.8) is 0 Å². The van der Waals surface area contributed by atoms with Crippen LogP contribution in [-0.2, 0) is 16.6 Å². The Morgan fingerprint density at radius 1 is 1.35 bits per heavy atom. The molecule has 0 radical (unpaired) electrons. The highest BCUT2D eigenvalue weighted by atomic mass is 35.5. The average molecular weight is 316 g/mol. The van der Waals surface area contributed by atoms with Gasteiger partial charge in [-0.25, -0.2) is 23.3 Å². The first-order valence-corrected chi connectivity index (χ1v) is 7.27. The summed E-state index contributed by atoms with van der Waals surface area (Å²) in [5.74, 6) is -1.29. The van der Waals surface area contributed by atoms with Crippen molar-refractivity contribution in [3.05, 3.63) is 46.7 Å². The average Bonchev–Trinajstić information content (AvgIpc) is 2.75. The van der Waals surface area contributed by atoms with Crippen molar-refractivity contribution in [1.82, 2.24) is 9.55 Å².